The molecule has 26 heavy (non-hydrogen) atoms. The molecule has 136 valence electrons. The van der Waals surface area contributed by atoms with Crippen LogP contribution in [0.5, 0.6) is 5.75 Å². The zero-order valence-electron chi connectivity index (χ0n) is 14.6. The van der Waals surface area contributed by atoms with Gasteiger partial charge in [0.1, 0.15) is 5.75 Å². The van der Waals surface area contributed by atoms with E-state index in [2.05, 4.69) is 29.2 Å². The van der Waals surface area contributed by atoms with Crippen LogP contribution >= 0.6 is 0 Å². The standard InChI is InChI=1S/C20H22N2O4/c23-22(24)19-10-16(20-17(11-19)13-25-14-26-20)12-21-8-4-7-18(21)9-15-5-2-1-3-6-15/h1-3,5-6,10-11,18H,4,7-9,12-14H2. The molecule has 2 aliphatic rings. The minimum Gasteiger partial charge on any atom is -0.467 e. The van der Waals surface area contributed by atoms with Crippen LogP contribution in [0.25, 0.3) is 0 Å². The summed E-state index contributed by atoms with van der Waals surface area (Å²) in [6, 6.07) is 14.2. The van der Waals surface area contributed by atoms with E-state index < -0.39 is 0 Å². The maximum absolute atomic E-state index is 11.3. The Bertz CT molecular complexity index is 794. The van der Waals surface area contributed by atoms with Gasteiger partial charge in [-0.3, -0.25) is 15.0 Å². The summed E-state index contributed by atoms with van der Waals surface area (Å²) in [7, 11) is 0. The van der Waals surface area contributed by atoms with Gasteiger partial charge in [0.15, 0.2) is 6.79 Å². The number of likely N-dealkylation sites (tertiary alicyclic amines) is 1. The van der Waals surface area contributed by atoms with E-state index in [1.165, 1.54) is 5.56 Å². The Morgan fingerprint density at radius 2 is 2.08 bits per heavy atom. The number of non-ortho nitro benzene ring substituents is 1. The number of nitro groups is 1. The third-order valence-corrected chi connectivity index (χ3v) is 5.17. The molecule has 1 fully saturated rings. The summed E-state index contributed by atoms with van der Waals surface area (Å²) in [6.45, 7) is 2.23. The van der Waals surface area contributed by atoms with E-state index in [-0.39, 0.29) is 17.4 Å². The molecule has 2 aromatic rings. The molecule has 2 heterocycles. The van der Waals surface area contributed by atoms with Gasteiger partial charge in [-0.1, -0.05) is 30.3 Å². The van der Waals surface area contributed by atoms with E-state index in [1.54, 1.807) is 12.1 Å². The molecular weight excluding hydrogens is 332 g/mol. The molecule has 0 bridgehead atoms. The second kappa shape index (κ2) is 7.43. The molecular formula is C20H22N2O4. The van der Waals surface area contributed by atoms with E-state index in [0.717, 1.165) is 42.7 Å². The molecule has 1 saturated heterocycles. The van der Waals surface area contributed by atoms with E-state index in [1.807, 2.05) is 6.07 Å². The highest BCUT2D eigenvalue weighted by Gasteiger charge is 2.28. The van der Waals surface area contributed by atoms with Crippen molar-refractivity contribution in [2.24, 2.45) is 0 Å². The van der Waals surface area contributed by atoms with Crippen molar-refractivity contribution in [1.82, 2.24) is 4.90 Å². The topological polar surface area (TPSA) is 64.8 Å². The molecule has 0 radical (unpaired) electrons. The summed E-state index contributed by atoms with van der Waals surface area (Å²) in [6.07, 6.45) is 3.30. The van der Waals surface area contributed by atoms with Crippen LogP contribution in [0.3, 0.4) is 0 Å². The smallest absolute Gasteiger partial charge is 0.270 e. The average Bonchev–Trinajstić information content (AvgIpc) is 3.09. The fourth-order valence-corrected chi connectivity index (χ4v) is 3.94. The van der Waals surface area contributed by atoms with Crippen LogP contribution in [0.4, 0.5) is 5.69 Å². The van der Waals surface area contributed by atoms with Gasteiger partial charge in [0.2, 0.25) is 0 Å². The number of hydrogen-bond acceptors (Lipinski definition) is 5. The maximum Gasteiger partial charge on any atom is 0.270 e. The third-order valence-electron chi connectivity index (χ3n) is 5.17. The highest BCUT2D eigenvalue weighted by molar-refractivity contribution is 5.50. The molecule has 2 aliphatic heterocycles. The number of benzene rings is 2. The summed E-state index contributed by atoms with van der Waals surface area (Å²) in [5, 5.41) is 11.3. The first-order valence-corrected chi connectivity index (χ1v) is 8.99. The summed E-state index contributed by atoms with van der Waals surface area (Å²) in [5.74, 6) is 0.757. The Morgan fingerprint density at radius 1 is 1.23 bits per heavy atom. The van der Waals surface area contributed by atoms with Crippen LogP contribution in [0.15, 0.2) is 42.5 Å². The van der Waals surface area contributed by atoms with Gasteiger partial charge in [0.05, 0.1) is 11.5 Å². The van der Waals surface area contributed by atoms with Gasteiger partial charge in [0.25, 0.3) is 5.69 Å². The predicted molar refractivity (Wildman–Crippen MR) is 97.0 cm³/mol. The molecule has 6 heteroatoms. The van der Waals surface area contributed by atoms with Crippen molar-refractivity contribution in [3.8, 4) is 5.75 Å². The zero-order valence-corrected chi connectivity index (χ0v) is 14.6. The van der Waals surface area contributed by atoms with Crippen molar-refractivity contribution in [2.75, 3.05) is 13.3 Å². The summed E-state index contributed by atoms with van der Waals surface area (Å²) in [5.41, 5.74) is 3.08. The lowest BCUT2D eigenvalue weighted by Gasteiger charge is -2.27. The number of nitrogens with zero attached hydrogens (tertiary/aromatic N) is 2. The molecule has 4 rings (SSSR count). The Balaban J connectivity index is 1.57. The van der Waals surface area contributed by atoms with Gasteiger partial charge < -0.3 is 9.47 Å². The fraction of sp³-hybridized carbons (Fsp3) is 0.400. The molecule has 2 aromatic carbocycles. The summed E-state index contributed by atoms with van der Waals surface area (Å²) < 4.78 is 11.0. The molecule has 0 amide bonds. The van der Waals surface area contributed by atoms with Gasteiger partial charge in [-0.2, -0.15) is 0 Å². The van der Waals surface area contributed by atoms with Gasteiger partial charge in [0, 0.05) is 35.8 Å². The first-order chi connectivity index (χ1) is 12.7. The van der Waals surface area contributed by atoms with E-state index in [9.17, 15) is 10.1 Å². The van der Waals surface area contributed by atoms with Crippen molar-refractivity contribution < 1.29 is 14.4 Å². The maximum atomic E-state index is 11.3. The largest absolute Gasteiger partial charge is 0.467 e. The number of hydrogen-bond donors (Lipinski definition) is 0. The van der Waals surface area contributed by atoms with Gasteiger partial charge in [-0.15, -0.1) is 0 Å². The SMILES string of the molecule is O=[N+]([O-])c1cc2c(c(CN3CCCC3Cc3ccccc3)c1)OCOC2. The highest BCUT2D eigenvalue weighted by Crippen LogP contribution is 2.35. The Labute approximate surface area is 152 Å². The van der Waals surface area contributed by atoms with E-state index >= 15 is 0 Å². The van der Waals surface area contributed by atoms with Gasteiger partial charge in [-0.25, -0.2) is 0 Å². The molecule has 1 atom stereocenters. The third kappa shape index (κ3) is 3.57. The van der Waals surface area contributed by atoms with Crippen molar-refractivity contribution in [1.29, 1.82) is 0 Å². The molecule has 0 saturated carbocycles. The van der Waals surface area contributed by atoms with Gasteiger partial charge >= 0.3 is 0 Å². The van der Waals surface area contributed by atoms with Crippen molar-refractivity contribution in [3.05, 3.63) is 69.3 Å². The van der Waals surface area contributed by atoms with E-state index in [4.69, 9.17) is 9.47 Å². The second-order valence-corrected chi connectivity index (χ2v) is 6.92. The normalized spacial score (nSPS) is 19.8. The monoisotopic (exact) mass is 354 g/mol. The van der Waals surface area contributed by atoms with Crippen LogP contribution in [0, 0.1) is 10.1 Å². The van der Waals surface area contributed by atoms with Crippen LogP contribution in [0.2, 0.25) is 0 Å². The first-order valence-electron chi connectivity index (χ1n) is 8.99. The Morgan fingerprint density at radius 3 is 2.88 bits per heavy atom. The van der Waals surface area contributed by atoms with Gasteiger partial charge in [-0.05, 0) is 31.4 Å². The predicted octanol–water partition coefficient (Wildman–Crippen LogP) is 3.67. The van der Waals surface area contributed by atoms with Crippen LogP contribution in [0.1, 0.15) is 29.5 Å². The molecule has 1 unspecified atom stereocenters. The summed E-state index contributed by atoms with van der Waals surface area (Å²) in [4.78, 5) is 13.4. The lowest BCUT2D eigenvalue weighted by atomic mass is 10.0. The number of ether oxygens (including phenoxy) is 2. The molecule has 0 N–H and O–H groups in total. The average molecular weight is 354 g/mol. The van der Waals surface area contributed by atoms with E-state index in [0.29, 0.717) is 19.2 Å². The quantitative estimate of drug-likeness (QED) is 0.605. The van der Waals surface area contributed by atoms with Crippen LogP contribution in [-0.2, 0) is 24.3 Å². The first kappa shape index (κ1) is 17.0. The lowest BCUT2D eigenvalue weighted by Crippen LogP contribution is -2.31. The van der Waals surface area contributed by atoms with Crippen molar-refractivity contribution in [3.63, 3.8) is 0 Å². The molecule has 0 spiro atoms. The minimum atomic E-state index is -0.343. The van der Waals surface area contributed by atoms with Crippen LogP contribution in [-0.4, -0.2) is 29.2 Å². The molecule has 6 nitrogen and oxygen atoms in total. The number of fused-ring (bicyclic) bond motifs is 1. The minimum absolute atomic E-state index is 0.103. The zero-order chi connectivity index (χ0) is 17.9. The Hall–Kier alpha value is -2.44. The van der Waals surface area contributed by atoms with Crippen molar-refractivity contribution >= 4 is 5.69 Å². The Kier molecular flexibility index (Phi) is 4.86. The van der Waals surface area contributed by atoms with Crippen molar-refractivity contribution in [2.45, 2.75) is 38.5 Å². The summed E-state index contributed by atoms with van der Waals surface area (Å²) >= 11 is 0. The molecule has 0 aromatic heterocycles. The highest BCUT2D eigenvalue weighted by atomic mass is 16.7. The molecule has 0 aliphatic carbocycles. The number of rotatable bonds is 5. The number of nitro benzene ring substituents is 1. The fourth-order valence-electron chi connectivity index (χ4n) is 3.94. The second-order valence-electron chi connectivity index (χ2n) is 6.92. The lowest BCUT2D eigenvalue weighted by molar-refractivity contribution is -0.385. The van der Waals surface area contributed by atoms with Crippen LogP contribution < -0.4 is 4.74 Å².